The Balaban J connectivity index is 1.86. The molecule has 3 aromatic rings. The number of amides is 4. The molecule has 45 heavy (non-hydrogen) atoms. The lowest BCUT2D eigenvalue weighted by atomic mass is 9.99. The number of carbonyl (C=O) groups is 4. The Morgan fingerprint density at radius 2 is 1.53 bits per heavy atom. The maximum Gasteiger partial charge on any atom is 0.408 e. The molecule has 0 saturated carbocycles. The van der Waals surface area contributed by atoms with Gasteiger partial charge in [-0.15, -0.1) is 11.3 Å². The van der Waals surface area contributed by atoms with E-state index in [1.165, 1.54) is 15.9 Å². The van der Waals surface area contributed by atoms with Crippen molar-refractivity contribution in [3.05, 3.63) is 83.3 Å². The summed E-state index contributed by atoms with van der Waals surface area (Å²) in [6.45, 7) is 9.05. The van der Waals surface area contributed by atoms with Gasteiger partial charge in [0.25, 0.3) is 0 Å². The van der Waals surface area contributed by atoms with E-state index < -0.39 is 29.3 Å². The molecule has 0 aliphatic rings. The second-order valence-electron chi connectivity index (χ2n) is 12.8. The van der Waals surface area contributed by atoms with Crippen LogP contribution in [0.1, 0.15) is 52.2 Å². The van der Waals surface area contributed by atoms with Crippen molar-refractivity contribution in [3.63, 3.8) is 0 Å². The molecule has 0 fully saturated rings. The van der Waals surface area contributed by atoms with Crippen molar-refractivity contribution in [3.8, 4) is 0 Å². The second-order valence-corrected chi connectivity index (χ2v) is 13.7. The first-order valence-corrected chi connectivity index (χ1v) is 15.9. The van der Waals surface area contributed by atoms with Crippen LogP contribution in [-0.4, -0.2) is 78.0 Å². The number of hydrogen-bond acceptors (Lipinski definition) is 6. The summed E-state index contributed by atoms with van der Waals surface area (Å²) in [5.74, 6) is -0.997. The molecule has 242 valence electrons. The van der Waals surface area contributed by atoms with E-state index in [1.807, 2.05) is 73.8 Å². The third-order valence-electron chi connectivity index (χ3n) is 7.44. The quantitative estimate of drug-likeness (QED) is 0.262. The minimum absolute atomic E-state index is 0.279. The van der Waals surface area contributed by atoms with Crippen LogP contribution in [0.5, 0.6) is 0 Å². The first-order valence-electron chi connectivity index (χ1n) is 15.0. The molecule has 10 heteroatoms. The molecular weight excluding hydrogens is 588 g/mol. The molecular formula is C35H46N4O5S. The molecule has 0 saturated heterocycles. The summed E-state index contributed by atoms with van der Waals surface area (Å²) < 4.78 is 6.45. The second kappa shape index (κ2) is 15.2. The number of rotatable bonds is 12. The van der Waals surface area contributed by atoms with Crippen molar-refractivity contribution < 1.29 is 23.9 Å². The third kappa shape index (κ3) is 10.2. The van der Waals surface area contributed by atoms with Crippen molar-refractivity contribution in [2.24, 2.45) is 0 Å². The summed E-state index contributed by atoms with van der Waals surface area (Å²) in [5.41, 5.74) is 0.560. The lowest BCUT2D eigenvalue weighted by Gasteiger charge is -2.34. The number of nitrogens with zero attached hydrogens (tertiary/aromatic N) is 2. The third-order valence-corrected chi connectivity index (χ3v) is 8.45. The number of benzene rings is 2. The van der Waals surface area contributed by atoms with Crippen molar-refractivity contribution in [1.82, 2.24) is 20.4 Å². The molecule has 4 amide bonds. The van der Waals surface area contributed by atoms with E-state index in [9.17, 15) is 19.2 Å². The molecule has 0 bridgehead atoms. The van der Waals surface area contributed by atoms with E-state index in [4.69, 9.17) is 4.74 Å². The molecule has 0 unspecified atom stereocenters. The Hall–Kier alpha value is -4.18. The van der Waals surface area contributed by atoms with Crippen molar-refractivity contribution in [2.45, 2.75) is 77.1 Å². The smallest absolute Gasteiger partial charge is 0.408 e. The predicted octanol–water partition coefficient (Wildman–Crippen LogP) is 5.34. The molecule has 2 N–H and O–H groups in total. The molecule has 9 nitrogen and oxygen atoms in total. The van der Waals surface area contributed by atoms with Gasteiger partial charge in [0, 0.05) is 44.2 Å². The van der Waals surface area contributed by atoms with Crippen LogP contribution in [0.2, 0.25) is 0 Å². The summed E-state index contributed by atoms with van der Waals surface area (Å²) in [6.07, 6.45) is 3.53. The number of thiophene rings is 1. The van der Waals surface area contributed by atoms with E-state index in [0.717, 1.165) is 21.2 Å². The lowest BCUT2D eigenvalue weighted by Crippen LogP contribution is -2.55. The van der Waals surface area contributed by atoms with Crippen LogP contribution in [0.3, 0.4) is 0 Å². The number of ether oxygens (including phenoxy) is 1. The monoisotopic (exact) mass is 634 g/mol. The Morgan fingerprint density at radius 1 is 0.889 bits per heavy atom. The molecule has 0 aliphatic carbocycles. The largest absolute Gasteiger partial charge is 0.444 e. The van der Waals surface area contributed by atoms with E-state index in [0.29, 0.717) is 12.8 Å². The van der Waals surface area contributed by atoms with Gasteiger partial charge in [0.15, 0.2) is 0 Å². The topological polar surface area (TPSA) is 108 Å². The van der Waals surface area contributed by atoms with E-state index >= 15 is 0 Å². The van der Waals surface area contributed by atoms with Crippen LogP contribution in [0.25, 0.3) is 10.1 Å². The zero-order valence-corrected chi connectivity index (χ0v) is 28.4. The minimum Gasteiger partial charge on any atom is -0.444 e. The van der Waals surface area contributed by atoms with Gasteiger partial charge in [-0.3, -0.25) is 14.4 Å². The molecule has 1 aromatic heterocycles. The van der Waals surface area contributed by atoms with Crippen molar-refractivity contribution in [1.29, 1.82) is 0 Å². The van der Waals surface area contributed by atoms with Crippen LogP contribution in [0.15, 0.2) is 72.1 Å². The Labute approximate surface area is 270 Å². The highest BCUT2D eigenvalue weighted by Crippen LogP contribution is 2.28. The highest BCUT2D eigenvalue weighted by Gasteiger charge is 2.35. The average molecular weight is 635 g/mol. The SMILES string of the molecule is CNC(=O)[C@@H](Cc1ccccc1)N(C)C(=O)[C@@H](Cc1csc2ccccc12)N(C)C(=O)/C=C/CC(C)(C)NC(=O)OC(C)(C)C. The van der Waals surface area contributed by atoms with Gasteiger partial charge in [0.2, 0.25) is 17.7 Å². The first kappa shape index (κ1) is 35.3. The number of nitrogens with one attached hydrogen (secondary N) is 2. The van der Waals surface area contributed by atoms with Gasteiger partial charge < -0.3 is 25.2 Å². The predicted molar refractivity (Wildman–Crippen MR) is 180 cm³/mol. The molecule has 2 aromatic carbocycles. The Kier molecular flexibility index (Phi) is 11.9. The zero-order chi connectivity index (χ0) is 33.4. The normalized spacial score (nSPS) is 13.2. The molecule has 1 heterocycles. The Morgan fingerprint density at radius 3 is 2.18 bits per heavy atom. The number of carbonyl (C=O) groups excluding carboxylic acids is 4. The van der Waals surface area contributed by atoms with Gasteiger partial charge >= 0.3 is 6.09 Å². The number of alkyl carbamates (subject to hydrolysis) is 1. The summed E-state index contributed by atoms with van der Waals surface area (Å²) >= 11 is 1.59. The van der Waals surface area contributed by atoms with Crippen LogP contribution < -0.4 is 10.6 Å². The minimum atomic E-state index is -0.874. The lowest BCUT2D eigenvalue weighted by molar-refractivity contribution is -0.146. The average Bonchev–Trinajstić information content (AvgIpc) is 3.39. The van der Waals surface area contributed by atoms with Gasteiger partial charge in [0.05, 0.1) is 0 Å². The Bertz CT molecular complexity index is 1510. The van der Waals surface area contributed by atoms with Gasteiger partial charge in [0.1, 0.15) is 17.7 Å². The van der Waals surface area contributed by atoms with Gasteiger partial charge in [-0.2, -0.15) is 0 Å². The van der Waals surface area contributed by atoms with E-state index in [1.54, 1.807) is 59.3 Å². The van der Waals surface area contributed by atoms with Crippen LogP contribution in [-0.2, 0) is 32.0 Å². The zero-order valence-electron chi connectivity index (χ0n) is 27.5. The molecule has 3 rings (SSSR count). The molecule has 0 aliphatic heterocycles. The highest BCUT2D eigenvalue weighted by molar-refractivity contribution is 7.17. The van der Waals surface area contributed by atoms with Gasteiger partial charge in [-0.25, -0.2) is 4.79 Å². The van der Waals surface area contributed by atoms with Crippen LogP contribution in [0.4, 0.5) is 4.79 Å². The fourth-order valence-corrected chi connectivity index (χ4v) is 5.92. The van der Waals surface area contributed by atoms with E-state index in [-0.39, 0.29) is 24.1 Å². The highest BCUT2D eigenvalue weighted by atomic mass is 32.1. The van der Waals surface area contributed by atoms with Crippen molar-refractivity contribution >= 4 is 45.2 Å². The summed E-state index contributed by atoms with van der Waals surface area (Å²) in [4.78, 5) is 56.0. The fraction of sp³-hybridized carbons (Fsp3) is 0.429. The number of fused-ring (bicyclic) bond motifs is 1. The first-order chi connectivity index (χ1) is 21.1. The van der Waals surface area contributed by atoms with Crippen LogP contribution in [0, 0.1) is 0 Å². The maximum absolute atomic E-state index is 14.2. The standard InChI is InChI=1S/C35H46N4O5S/c1-34(2,3)44-33(43)37-35(4,5)20-14-19-30(40)38(7)28(22-25-23-45-29-18-13-12-17-26(25)29)32(42)39(8)27(31(41)36-6)21-24-15-10-9-11-16-24/h9-19,23,27-28H,20-22H2,1-8H3,(H,36,41)(H,37,43)/b19-14+/t27-,28-/m1/s1. The molecule has 0 radical (unpaired) electrons. The summed E-state index contributed by atoms with van der Waals surface area (Å²) in [6, 6.07) is 15.8. The summed E-state index contributed by atoms with van der Waals surface area (Å²) in [5, 5.41) is 8.57. The number of hydrogen-bond donors (Lipinski definition) is 2. The molecule has 2 atom stereocenters. The fourth-order valence-electron chi connectivity index (χ4n) is 4.94. The van der Waals surface area contributed by atoms with Crippen LogP contribution >= 0.6 is 11.3 Å². The molecule has 0 spiro atoms. The van der Waals surface area contributed by atoms with Crippen molar-refractivity contribution in [2.75, 3.05) is 21.1 Å². The van der Waals surface area contributed by atoms with E-state index in [2.05, 4.69) is 10.6 Å². The van der Waals surface area contributed by atoms with Gasteiger partial charge in [-0.1, -0.05) is 54.6 Å². The van der Waals surface area contributed by atoms with Gasteiger partial charge in [-0.05, 0) is 75.1 Å². The maximum atomic E-state index is 14.2. The number of likely N-dealkylation sites (N-methyl/N-ethyl adjacent to an activating group) is 3. The summed E-state index contributed by atoms with van der Waals surface area (Å²) in [7, 11) is 4.77.